The van der Waals surface area contributed by atoms with Crippen molar-refractivity contribution in [3.63, 3.8) is 0 Å². The zero-order valence-electron chi connectivity index (χ0n) is 10.1. The van der Waals surface area contributed by atoms with E-state index in [1.165, 1.54) is 6.20 Å². The molecule has 0 atom stereocenters. The van der Waals surface area contributed by atoms with Gasteiger partial charge in [-0.1, -0.05) is 0 Å². The van der Waals surface area contributed by atoms with E-state index >= 15 is 0 Å². The van der Waals surface area contributed by atoms with Gasteiger partial charge in [-0.05, 0) is 12.1 Å². The molecule has 0 amide bonds. The molecule has 2 heterocycles. The van der Waals surface area contributed by atoms with Crippen LogP contribution in [0.1, 0.15) is 11.3 Å². The van der Waals surface area contributed by atoms with Gasteiger partial charge in [0, 0.05) is 32.4 Å². The Labute approximate surface area is 105 Å². The smallest absolute Gasteiger partial charge is 0.149 e. The minimum Gasteiger partial charge on any atom is -0.396 e. The van der Waals surface area contributed by atoms with E-state index in [9.17, 15) is 0 Å². The van der Waals surface area contributed by atoms with Crippen LogP contribution in [0.3, 0.4) is 0 Å². The third-order valence-corrected chi connectivity index (χ3v) is 2.49. The molecule has 0 aromatic carbocycles. The Morgan fingerprint density at radius 3 is 3.00 bits per heavy atom. The molecule has 0 unspecified atom stereocenters. The molecular formula is C12H14N6. The van der Waals surface area contributed by atoms with Crippen LogP contribution in [0.5, 0.6) is 0 Å². The molecule has 6 heteroatoms. The first-order valence-corrected chi connectivity index (χ1v) is 5.57. The predicted octanol–water partition coefficient (Wildman–Crippen LogP) is 0.924. The maximum atomic E-state index is 8.70. The van der Waals surface area contributed by atoms with Crippen molar-refractivity contribution in [3.05, 3.63) is 35.8 Å². The Bertz CT molecular complexity index is 580. The molecule has 0 bridgehead atoms. The van der Waals surface area contributed by atoms with Gasteiger partial charge in [-0.15, -0.1) is 0 Å². The van der Waals surface area contributed by atoms with Gasteiger partial charge >= 0.3 is 0 Å². The van der Waals surface area contributed by atoms with Crippen LogP contribution < -0.4 is 11.1 Å². The van der Waals surface area contributed by atoms with Gasteiger partial charge < -0.3 is 11.1 Å². The molecular weight excluding hydrogens is 228 g/mol. The summed E-state index contributed by atoms with van der Waals surface area (Å²) in [4.78, 5) is 4.10. The number of nitriles is 1. The Morgan fingerprint density at radius 2 is 2.39 bits per heavy atom. The van der Waals surface area contributed by atoms with Crippen molar-refractivity contribution < 1.29 is 0 Å². The lowest BCUT2D eigenvalue weighted by molar-refractivity contribution is 0.742. The molecule has 92 valence electrons. The Hall–Kier alpha value is -2.55. The number of hydrogen-bond acceptors (Lipinski definition) is 5. The topological polar surface area (TPSA) is 92.5 Å². The van der Waals surface area contributed by atoms with Crippen LogP contribution >= 0.6 is 0 Å². The molecule has 0 aliphatic carbocycles. The molecule has 3 N–H and O–H groups in total. The molecule has 2 aromatic heterocycles. The summed E-state index contributed by atoms with van der Waals surface area (Å²) in [5, 5.41) is 16.1. The van der Waals surface area contributed by atoms with Crippen LogP contribution in [-0.4, -0.2) is 21.3 Å². The number of nitrogen functional groups attached to an aromatic ring is 1. The summed E-state index contributed by atoms with van der Waals surface area (Å²) in [6.45, 7) is 0.695. The van der Waals surface area contributed by atoms with Gasteiger partial charge in [0.25, 0.3) is 0 Å². The number of nitrogens with two attached hydrogens (primary N) is 1. The lowest BCUT2D eigenvalue weighted by Crippen LogP contribution is -2.09. The van der Waals surface area contributed by atoms with Gasteiger partial charge in [0.15, 0.2) is 0 Å². The molecule has 0 spiro atoms. The molecule has 2 rings (SSSR count). The second-order valence-corrected chi connectivity index (χ2v) is 3.93. The van der Waals surface area contributed by atoms with Crippen LogP contribution in [0.25, 0.3) is 0 Å². The number of anilines is 2. The Kier molecular flexibility index (Phi) is 3.44. The van der Waals surface area contributed by atoms with E-state index in [1.54, 1.807) is 10.7 Å². The summed E-state index contributed by atoms with van der Waals surface area (Å²) in [5.41, 5.74) is 7.74. The third kappa shape index (κ3) is 2.77. The van der Waals surface area contributed by atoms with Gasteiger partial charge in [0.2, 0.25) is 0 Å². The minimum atomic E-state index is 0.461. The highest BCUT2D eigenvalue weighted by Crippen LogP contribution is 2.15. The lowest BCUT2D eigenvalue weighted by Gasteiger charge is -2.07. The van der Waals surface area contributed by atoms with Gasteiger partial charge in [0.05, 0.1) is 16.9 Å². The number of rotatable bonds is 4. The predicted molar refractivity (Wildman–Crippen MR) is 68.8 cm³/mol. The van der Waals surface area contributed by atoms with Crippen molar-refractivity contribution in [2.24, 2.45) is 7.05 Å². The van der Waals surface area contributed by atoms with E-state index < -0.39 is 0 Å². The van der Waals surface area contributed by atoms with E-state index in [4.69, 9.17) is 11.0 Å². The van der Waals surface area contributed by atoms with Crippen LogP contribution in [-0.2, 0) is 13.5 Å². The second kappa shape index (κ2) is 5.19. The van der Waals surface area contributed by atoms with Crippen molar-refractivity contribution in [1.29, 1.82) is 5.26 Å². The molecule has 0 aliphatic heterocycles. The third-order valence-electron chi connectivity index (χ3n) is 2.49. The van der Waals surface area contributed by atoms with Gasteiger partial charge in [-0.25, -0.2) is 4.98 Å². The average Bonchev–Trinajstić information content (AvgIpc) is 2.77. The van der Waals surface area contributed by atoms with Crippen LogP contribution in [0, 0.1) is 11.3 Å². The zero-order valence-corrected chi connectivity index (χ0v) is 10.1. The first-order valence-electron chi connectivity index (χ1n) is 5.57. The summed E-state index contributed by atoms with van der Waals surface area (Å²) in [6.07, 6.45) is 4.20. The number of aromatic nitrogens is 3. The van der Waals surface area contributed by atoms with Crippen molar-refractivity contribution in [2.75, 3.05) is 17.6 Å². The highest BCUT2D eigenvalue weighted by Gasteiger charge is 2.02. The SMILES string of the molecule is Cn1ccc(CCNc2ncc(C#N)cc2N)n1. The highest BCUT2D eigenvalue weighted by atomic mass is 15.2. The van der Waals surface area contributed by atoms with E-state index in [2.05, 4.69) is 15.4 Å². The lowest BCUT2D eigenvalue weighted by atomic mass is 10.2. The number of nitrogens with one attached hydrogen (secondary N) is 1. The minimum absolute atomic E-state index is 0.461. The largest absolute Gasteiger partial charge is 0.396 e. The summed E-state index contributed by atoms with van der Waals surface area (Å²) >= 11 is 0. The molecule has 2 aromatic rings. The standard InChI is InChI=1S/C12H14N6/c1-18-5-3-10(17-18)2-4-15-12-11(14)6-9(7-13)8-16-12/h3,5-6,8H,2,4,14H2,1H3,(H,15,16). The maximum Gasteiger partial charge on any atom is 0.149 e. The molecule has 0 fully saturated rings. The van der Waals surface area contributed by atoms with Crippen LogP contribution in [0.15, 0.2) is 24.5 Å². The normalized spacial score (nSPS) is 10.0. The van der Waals surface area contributed by atoms with E-state index in [0.29, 0.717) is 23.6 Å². The van der Waals surface area contributed by atoms with Crippen LogP contribution in [0.2, 0.25) is 0 Å². The number of hydrogen-bond donors (Lipinski definition) is 2. The maximum absolute atomic E-state index is 8.70. The van der Waals surface area contributed by atoms with Crippen molar-refractivity contribution >= 4 is 11.5 Å². The van der Waals surface area contributed by atoms with Gasteiger partial charge in [-0.3, -0.25) is 4.68 Å². The number of pyridine rings is 1. The first-order chi connectivity index (χ1) is 8.69. The van der Waals surface area contributed by atoms with Gasteiger partial charge in [-0.2, -0.15) is 10.4 Å². The zero-order chi connectivity index (χ0) is 13.0. The Morgan fingerprint density at radius 1 is 1.56 bits per heavy atom. The first kappa shape index (κ1) is 11.9. The monoisotopic (exact) mass is 242 g/mol. The Balaban J connectivity index is 1.92. The van der Waals surface area contributed by atoms with Crippen molar-refractivity contribution in [1.82, 2.24) is 14.8 Å². The van der Waals surface area contributed by atoms with E-state index in [0.717, 1.165) is 12.1 Å². The summed E-state index contributed by atoms with van der Waals surface area (Å²) in [6, 6.07) is 5.57. The number of nitrogens with zero attached hydrogens (tertiary/aromatic N) is 4. The van der Waals surface area contributed by atoms with E-state index in [1.807, 2.05) is 25.4 Å². The van der Waals surface area contributed by atoms with Crippen molar-refractivity contribution in [3.8, 4) is 6.07 Å². The summed E-state index contributed by atoms with van der Waals surface area (Å²) in [7, 11) is 1.89. The fourth-order valence-corrected chi connectivity index (χ4v) is 1.60. The van der Waals surface area contributed by atoms with Crippen molar-refractivity contribution in [2.45, 2.75) is 6.42 Å². The highest BCUT2D eigenvalue weighted by molar-refractivity contribution is 5.62. The quantitative estimate of drug-likeness (QED) is 0.831. The van der Waals surface area contributed by atoms with Gasteiger partial charge in [0.1, 0.15) is 11.9 Å². The molecule has 18 heavy (non-hydrogen) atoms. The summed E-state index contributed by atoms with van der Waals surface area (Å²) < 4.78 is 1.77. The van der Waals surface area contributed by atoms with Crippen LogP contribution in [0.4, 0.5) is 11.5 Å². The molecule has 6 nitrogen and oxygen atoms in total. The average molecular weight is 242 g/mol. The second-order valence-electron chi connectivity index (χ2n) is 3.93. The molecule has 0 aliphatic rings. The fraction of sp³-hybridized carbons (Fsp3) is 0.250. The summed E-state index contributed by atoms with van der Waals surface area (Å²) in [5.74, 6) is 0.602. The fourth-order valence-electron chi connectivity index (χ4n) is 1.60. The number of aryl methyl sites for hydroxylation is 1. The molecule has 0 saturated heterocycles. The van der Waals surface area contributed by atoms with E-state index in [-0.39, 0.29) is 0 Å². The molecule has 0 saturated carbocycles. The molecule has 0 radical (unpaired) electrons.